The Balaban J connectivity index is 2.04. The van der Waals surface area contributed by atoms with Gasteiger partial charge in [-0.3, -0.25) is 4.79 Å². The van der Waals surface area contributed by atoms with Gasteiger partial charge >= 0.3 is 0 Å². The van der Waals surface area contributed by atoms with Gasteiger partial charge in [-0.05, 0) is 31.1 Å². The first-order chi connectivity index (χ1) is 9.42. The lowest BCUT2D eigenvalue weighted by atomic mass is 9.79. The maximum atomic E-state index is 11.9. The molecule has 0 bridgehead atoms. The monoisotopic (exact) mass is 311 g/mol. The number of nitrogens with zero attached hydrogens (tertiary/aromatic N) is 1. The van der Waals surface area contributed by atoms with Crippen LogP contribution in [0.3, 0.4) is 0 Å². The zero-order valence-corrected chi connectivity index (χ0v) is 12.6. The second-order valence-corrected chi connectivity index (χ2v) is 6.56. The van der Waals surface area contributed by atoms with Crippen LogP contribution in [0.25, 0.3) is 0 Å². The molecule has 0 radical (unpaired) electrons. The van der Waals surface area contributed by atoms with Crippen molar-refractivity contribution in [1.82, 2.24) is 4.90 Å². The fourth-order valence-corrected chi connectivity index (χ4v) is 3.93. The SMILES string of the molecule is C[C@]1(c2c(O)ccc(Cl)c2Cl)C[C@H]2CC=CC(=O)N2C1. The Morgan fingerprint density at radius 2 is 2.15 bits per heavy atom. The second-order valence-electron chi connectivity index (χ2n) is 5.78. The smallest absolute Gasteiger partial charge is 0.246 e. The van der Waals surface area contributed by atoms with Crippen LogP contribution in [-0.2, 0) is 10.2 Å². The van der Waals surface area contributed by atoms with Gasteiger partial charge in [-0.1, -0.05) is 36.2 Å². The highest BCUT2D eigenvalue weighted by molar-refractivity contribution is 6.42. The Morgan fingerprint density at radius 3 is 2.85 bits per heavy atom. The number of amides is 1. The van der Waals surface area contributed by atoms with E-state index in [2.05, 4.69) is 0 Å². The molecule has 20 heavy (non-hydrogen) atoms. The van der Waals surface area contributed by atoms with Crippen LogP contribution in [0.4, 0.5) is 0 Å². The van der Waals surface area contributed by atoms with Crippen molar-refractivity contribution < 1.29 is 9.90 Å². The number of hydrogen-bond acceptors (Lipinski definition) is 2. The van der Waals surface area contributed by atoms with Gasteiger partial charge in [0.15, 0.2) is 0 Å². The minimum atomic E-state index is -0.377. The van der Waals surface area contributed by atoms with Crippen LogP contribution in [0.5, 0.6) is 5.75 Å². The van der Waals surface area contributed by atoms with E-state index in [4.69, 9.17) is 23.2 Å². The third-order valence-corrected chi connectivity index (χ3v) is 5.08. The molecule has 1 fully saturated rings. The number of phenolic OH excluding ortho intramolecular Hbond substituents is 1. The molecule has 2 aliphatic rings. The van der Waals surface area contributed by atoms with Crippen LogP contribution < -0.4 is 0 Å². The quantitative estimate of drug-likeness (QED) is 0.862. The molecule has 0 aliphatic carbocycles. The number of carbonyl (C=O) groups excluding carboxylic acids is 1. The van der Waals surface area contributed by atoms with Crippen LogP contribution in [-0.4, -0.2) is 28.5 Å². The molecule has 3 rings (SSSR count). The first-order valence-corrected chi connectivity index (χ1v) is 7.32. The fraction of sp³-hybridized carbons (Fsp3) is 0.400. The van der Waals surface area contributed by atoms with E-state index in [1.54, 1.807) is 18.2 Å². The van der Waals surface area contributed by atoms with Crippen LogP contribution in [0.1, 0.15) is 25.3 Å². The van der Waals surface area contributed by atoms with Gasteiger partial charge in [-0.2, -0.15) is 0 Å². The highest BCUT2D eigenvalue weighted by Gasteiger charge is 2.46. The highest BCUT2D eigenvalue weighted by Crippen LogP contribution is 2.47. The molecule has 106 valence electrons. The van der Waals surface area contributed by atoms with Crippen LogP contribution in [0.2, 0.25) is 10.0 Å². The van der Waals surface area contributed by atoms with E-state index in [-0.39, 0.29) is 23.1 Å². The third-order valence-electron chi connectivity index (χ3n) is 4.27. The summed E-state index contributed by atoms with van der Waals surface area (Å²) in [5, 5.41) is 11.0. The van der Waals surface area contributed by atoms with Gasteiger partial charge in [0.2, 0.25) is 5.91 Å². The molecular weight excluding hydrogens is 297 g/mol. The van der Waals surface area contributed by atoms with Gasteiger partial charge in [-0.15, -0.1) is 0 Å². The van der Waals surface area contributed by atoms with E-state index in [1.807, 2.05) is 17.9 Å². The second kappa shape index (κ2) is 4.68. The number of aromatic hydroxyl groups is 1. The van der Waals surface area contributed by atoms with Gasteiger partial charge in [0.1, 0.15) is 5.75 Å². The van der Waals surface area contributed by atoms with Gasteiger partial charge in [0.05, 0.1) is 10.0 Å². The Bertz CT molecular complexity index is 614. The maximum Gasteiger partial charge on any atom is 0.246 e. The van der Waals surface area contributed by atoms with Crippen LogP contribution in [0, 0.1) is 0 Å². The lowest BCUT2D eigenvalue weighted by molar-refractivity contribution is -0.127. The van der Waals surface area contributed by atoms with E-state index in [1.165, 1.54) is 0 Å². The van der Waals surface area contributed by atoms with E-state index >= 15 is 0 Å². The molecule has 1 N–H and O–H groups in total. The Kier molecular flexibility index (Phi) is 3.22. The number of benzene rings is 1. The van der Waals surface area contributed by atoms with Crippen LogP contribution in [0.15, 0.2) is 24.3 Å². The number of hydrogen-bond donors (Lipinski definition) is 1. The molecule has 1 saturated heterocycles. The summed E-state index contributed by atoms with van der Waals surface area (Å²) in [7, 11) is 0. The molecule has 0 spiro atoms. The van der Waals surface area contributed by atoms with Crippen molar-refractivity contribution in [1.29, 1.82) is 0 Å². The zero-order valence-electron chi connectivity index (χ0n) is 11.1. The summed E-state index contributed by atoms with van der Waals surface area (Å²) in [6, 6.07) is 3.32. The highest BCUT2D eigenvalue weighted by atomic mass is 35.5. The standard InChI is InChI=1S/C15H15Cl2NO2/c1-15(13-11(19)6-5-10(16)14(13)17)7-9-3-2-4-12(20)18(9)8-15/h2,4-6,9,19H,3,7-8H2,1H3/t9-,15+/m1/s1. The van der Waals surface area contributed by atoms with E-state index in [9.17, 15) is 9.90 Å². The largest absolute Gasteiger partial charge is 0.508 e. The summed E-state index contributed by atoms with van der Waals surface area (Å²) in [5.41, 5.74) is 0.271. The molecule has 5 heteroatoms. The first kappa shape index (κ1) is 13.8. The summed E-state index contributed by atoms with van der Waals surface area (Å²) in [6.45, 7) is 2.57. The predicted molar refractivity (Wildman–Crippen MR) is 79.4 cm³/mol. The summed E-state index contributed by atoms with van der Waals surface area (Å²) < 4.78 is 0. The number of phenols is 1. The Labute approximate surface area is 127 Å². The molecule has 3 nitrogen and oxygen atoms in total. The molecule has 1 amide bonds. The van der Waals surface area contributed by atoms with Crippen molar-refractivity contribution in [2.24, 2.45) is 0 Å². The van der Waals surface area contributed by atoms with Crippen molar-refractivity contribution in [3.8, 4) is 5.75 Å². The van der Waals surface area contributed by atoms with E-state index in [0.29, 0.717) is 22.2 Å². The normalized spacial score (nSPS) is 28.9. The van der Waals surface area contributed by atoms with Gasteiger partial charge < -0.3 is 10.0 Å². The number of rotatable bonds is 1. The minimum absolute atomic E-state index is 0.0302. The molecule has 0 unspecified atom stereocenters. The Hall–Kier alpha value is -1.19. The van der Waals surface area contributed by atoms with Gasteiger partial charge in [0.25, 0.3) is 0 Å². The maximum absolute atomic E-state index is 11.9. The van der Waals surface area contributed by atoms with Gasteiger partial charge in [-0.25, -0.2) is 0 Å². The first-order valence-electron chi connectivity index (χ1n) is 6.57. The van der Waals surface area contributed by atoms with Crippen molar-refractivity contribution >= 4 is 29.1 Å². The van der Waals surface area contributed by atoms with Crippen molar-refractivity contribution in [3.05, 3.63) is 39.9 Å². The van der Waals surface area contributed by atoms with E-state index in [0.717, 1.165) is 12.8 Å². The molecule has 0 saturated carbocycles. The van der Waals surface area contributed by atoms with Crippen molar-refractivity contribution in [2.75, 3.05) is 6.54 Å². The third kappa shape index (κ3) is 2.00. The summed E-state index contributed by atoms with van der Waals surface area (Å²) in [5.74, 6) is 0.171. The summed E-state index contributed by atoms with van der Waals surface area (Å²) in [4.78, 5) is 13.8. The Morgan fingerprint density at radius 1 is 1.40 bits per heavy atom. The zero-order chi connectivity index (χ0) is 14.5. The number of carbonyl (C=O) groups is 1. The average Bonchev–Trinajstić information content (AvgIpc) is 2.73. The molecule has 1 aromatic carbocycles. The fourth-order valence-electron chi connectivity index (χ4n) is 3.39. The molecule has 2 heterocycles. The summed E-state index contributed by atoms with van der Waals surface area (Å²) in [6.07, 6.45) is 5.15. The lowest BCUT2D eigenvalue weighted by Gasteiger charge is -2.27. The van der Waals surface area contributed by atoms with Crippen molar-refractivity contribution in [2.45, 2.75) is 31.2 Å². The van der Waals surface area contributed by atoms with Gasteiger partial charge in [0, 0.05) is 23.6 Å². The lowest BCUT2D eigenvalue weighted by Crippen LogP contribution is -2.37. The number of fused-ring (bicyclic) bond motifs is 1. The average molecular weight is 312 g/mol. The number of halogens is 2. The van der Waals surface area contributed by atoms with Crippen molar-refractivity contribution in [3.63, 3.8) is 0 Å². The molecule has 1 aromatic rings. The predicted octanol–water partition coefficient (Wildman–Crippen LogP) is 3.52. The summed E-state index contributed by atoms with van der Waals surface area (Å²) >= 11 is 12.4. The molecule has 2 aliphatic heterocycles. The minimum Gasteiger partial charge on any atom is -0.508 e. The molecule has 0 aromatic heterocycles. The van der Waals surface area contributed by atoms with E-state index < -0.39 is 0 Å². The molecule has 2 atom stereocenters. The van der Waals surface area contributed by atoms with Crippen LogP contribution >= 0.6 is 23.2 Å². The molecular formula is C15H15Cl2NO2. The topological polar surface area (TPSA) is 40.5 Å².